The molecular weight excluding hydrogens is 202 g/mol. The molecule has 0 spiro atoms. The molecule has 0 saturated carbocycles. The van der Waals surface area contributed by atoms with Gasteiger partial charge in [-0.15, -0.1) is 0 Å². The molecule has 1 atom stereocenters. The van der Waals surface area contributed by atoms with Crippen molar-refractivity contribution in [3.8, 4) is 5.75 Å². The van der Waals surface area contributed by atoms with Crippen LogP contribution in [0.4, 0.5) is 0 Å². The first kappa shape index (κ1) is 12.4. The second-order valence-electron chi connectivity index (χ2n) is 3.66. The van der Waals surface area contributed by atoms with E-state index < -0.39 is 0 Å². The molecular formula is C13H17NO2. The van der Waals surface area contributed by atoms with Crippen LogP contribution in [0.2, 0.25) is 0 Å². The highest BCUT2D eigenvalue weighted by Crippen LogP contribution is 2.13. The van der Waals surface area contributed by atoms with Gasteiger partial charge in [-0.1, -0.05) is 19.1 Å². The van der Waals surface area contributed by atoms with Crippen molar-refractivity contribution < 1.29 is 9.53 Å². The summed E-state index contributed by atoms with van der Waals surface area (Å²) in [5.41, 5.74) is 0. The van der Waals surface area contributed by atoms with Crippen molar-refractivity contribution in [1.82, 2.24) is 4.98 Å². The fraction of sp³-hybridized carbons (Fsp3) is 0.385. The van der Waals surface area contributed by atoms with E-state index in [0.29, 0.717) is 5.75 Å². The normalized spacial score (nSPS) is 12.6. The standard InChI is InChI=1S/C13H17NO2/c1-3-4-5-7-11(2)13(15)16-12-8-6-9-14-10-12/h3-4,6,8-11H,5,7H2,1-2H3. The number of aromatic nitrogens is 1. The molecule has 0 aromatic carbocycles. The number of carbonyl (C=O) groups excluding carboxylic acids is 1. The summed E-state index contributed by atoms with van der Waals surface area (Å²) in [5.74, 6) is 0.222. The number of pyridine rings is 1. The maximum Gasteiger partial charge on any atom is 0.314 e. The number of ether oxygens (including phenoxy) is 1. The van der Waals surface area contributed by atoms with Crippen LogP contribution in [0, 0.1) is 5.92 Å². The van der Waals surface area contributed by atoms with Gasteiger partial charge < -0.3 is 4.74 Å². The van der Waals surface area contributed by atoms with Crippen molar-refractivity contribution in [3.05, 3.63) is 36.7 Å². The quantitative estimate of drug-likeness (QED) is 0.564. The summed E-state index contributed by atoms with van der Waals surface area (Å²) >= 11 is 0. The molecule has 0 N–H and O–H groups in total. The number of hydrogen-bond acceptors (Lipinski definition) is 3. The first-order valence-corrected chi connectivity index (χ1v) is 5.47. The van der Waals surface area contributed by atoms with Crippen LogP contribution in [-0.2, 0) is 4.79 Å². The SMILES string of the molecule is CC=CCCC(C)C(=O)Oc1cccnc1. The zero-order valence-electron chi connectivity index (χ0n) is 9.72. The number of nitrogens with zero attached hydrogens (tertiary/aromatic N) is 1. The highest BCUT2D eigenvalue weighted by molar-refractivity contribution is 5.74. The second kappa shape index (κ2) is 6.77. The van der Waals surface area contributed by atoms with Gasteiger partial charge in [0.05, 0.1) is 12.1 Å². The highest BCUT2D eigenvalue weighted by Gasteiger charge is 2.14. The largest absolute Gasteiger partial charge is 0.425 e. The lowest BCUT2D eigenvalue weighted by atomic mass is 10.1. The maximum absolute atomic E-state index is 11.6. The van der Waals surface area contributed by atoms with Crippen molar-refractivity contribution in [2.45, 2.75) is 26.7 Å². The molecule has 0 aliphatic heterocycles. The third-order valence-electron chi connectivity index (χ3n) is 2.26. The van der Waals surface area contributed by atoms with Crippen LogP contribution >= 0.6 is 0 Å². The van der Waals surface area contributed by atoms with Crippen molar-refractivity contribution in [3.63, 3.8) is 0 Å². The first-order chi connectivity index (χ1) is 7.74. The molecule has 0 amide bonds. The van der Waals surface area contributed by atoms with E-state index in [0.717, 1.165) is 12.8 Å². The predicted molar refractivity (Wildman–Crippen MR) is 63.1 cm³/mol. The molecule has 1 heterocycles. The Kier molecular flexibility index (Phi) is 5.26. The van der Waals surface area contributed by atoms with Crippen LogP contribution in [0.15, 0.2) is 36.7 Å². The Morgan fingerprint density at radius 3 is 3.06 bits per heavy atom. The number of hydrogen-bond donors (Lipinski definition) is 0. The summed E-state index contributed by atoms with van der Waals surface area (Å²) in [6.07, 6.45) is 8.93. The highest BCUT2D eigenvalue weighted by atomic mass is 16.5. The molecule has 0 bridgehead atoms. The number of rotatable bonds is 5. The van der Waals surface area contributed by atoms with Crippen molar-refractivity contribution >= 4 is 5.97 Å². The molecule has 1 rings (SSSR count). The lowest BCUT2D eigenvalue weighted by Gasteiger charge is -2.09. The zero-order chi connectivity index (χ0) is 11.8. The zero-order valence-corrected chi connectivity index (χ0v) is 9.72. The Morgan fingerprint density at radius 2 is 2.44 bits per heavy atom. The van der Waals surface area contributed by atoms with E-state index in [1.807, 2.05) is 26.0 Å². The summed E-state index contributed by atoms with van der Waals surface area (Å²) in [6, 6.07) is 3.47. The van der Waals surface area contributed by atoms with Gasteiger partial charge >= 0.3 is 5.97 Å². The lowest BCUT2D eigenvalue weighted by molar-refractivity contribution is -0.138. The molecule has 0 fully saturated rings. The van der Waals surface area contributed by atoms with Gasteiger partial charge in [0.2, 0.25) is 0 Å². The Bertz CT molecular complexity index is 346. The van der Waals surface area contributed by atoms with Crippen LogP contribution in [0.25, 0.3) is 0 Å². The van der Waals surface area contributed by atoms with E-state index in [-0.39, 0.29) is 11.9 Å². The van der Waals surface area contributed by atoms with Gasteiger partial charge in [-0.25, -0.2) is 0 Å². The average Bonchev–Trinajstić information content (AvgIpc) is 2.30. The van der Waals surface area contributed by atoms with Crippen molar-refractivity contribution in [2.75, 3.05) is 0 Å². The van der Waals surface area contributed by atoms with Gasteiger partial charge in [-0.3, -0.25) is 9.78 Å². The van der Waals surface area contributed by atoms with Gasteiger partial charge in [-0.05, 0) is 31.9 Å². The molecule has 1 unspecified atom stereocenters. The Hall–Kier alpha value is -1.64. The van der Waals surface area contributed by atoms with Gasteiger partial charge in [-0.2, -0.15) is 0 Å². The molecule has 3 nitrogen and oxygen atoms in total. The minimum Gasteiger partial charge on any atom is -0.425 e. The average molecular weight is 219 g/mol. The lowest BCUT2D eigenvalue weighted by Crippen LogP contribution is -2.17. The minimum absolute atomic E-state index is 0.0867. The first-order valence-electron chi connectivity index (χ1n) is 5.47. The topological polar surface area (TPSA) is 39.2 Å². The van der Waals surface area contributed by atoms with E-state index in [9.17, 15) is 4.79 Å². The van der Waals surface area contributed by atoms with E-state index in [2.05, 4.69) is 4.98 Å². The van der Waals surface area contributed by atoms with E-state index in [4.69, 9.17) is 4.74 Å². The summed E-state index contributed by atoms with van der Waals surface area (Å²) in [5, 5.41) is 0. The molecule has 0 saturated heterocycles. The molecule has 1 aromatic heterocycles. The second-order valence-corrected chi connectivity index (χ2v) is 3.66. The summed E-state index contributed by atoms with van der Waals surface area (Å²) in [7, 11) is 0. The van der Waals surface area contributed by atoms with Crippen LogP contribution in [0.5, 0.6) is 5.75 Å². The van der Waals surface area contributed by atoms with Crippen molar-refractivity contribution in [1.29, 1.82) is 0 Å². The van der Waals surface area contributed by atoms with E-state index >= 15 is 0 Å². The molecule has 16 heavy (non-hydrogen) atoms. The molecule has 0 aliphatic carbocycles. The van der Waals surface area contributed by atoms with E-state index in [1.54, 1.807) is 18.3 Å². The third kappa shape index (κ3) is 4.26. The van der Waals surface area contributed by atoms with Gasteiger partial charge in [0, 0.05) is 6.20 Å². The van der Waals surface area contributed by atoms with Crippen LogP contribution in [0.1, 0.15) is 26.7 Å². The molecule has 0 radical (unpaired) electrons. The van der Waals surface area contributed by atoms with Gasteiger partial charge in [0.15, 0.2) is 0 Å². The Morgan fingerprint density at radius 1 is 1.62 bits per heavy atom. The van der Waals surface area contributed by atoms with Crippen LogP contribution in [0.3, 0.4) is 0 Å². The number of allylic oxidation sites excluding steroid dienone is 2. The van der Waals surface area contributed by atoms with Gasteiger partial charge in [0.25, 0.3) is 0 Å². The van der Waals surface area contributed by atoms with Crippen LogP contribution in [-0.4, -0.2) is 11.0 Å². The van der Waals surface area contributed by atoms with Crippen molar-refractivity contribution in [2.24, 2.45) is 5.92 Å². The molecule has 1 aromatic rings. The Labute approximate surface area is 96.2 Å². The fourth-order valence-corrected chi connectivity index (χ4v) is 1.25. The minimum atomic E-state index is -0.197. The maximum atomic E-state index is 11.6. The third-order valence-corrected chi connectivity index (χ3v) is 2.26. The monoisotopic (exact) mass is 219 g/mol. The fourth-order valence-electron chi connectivity index (χ4n) is 1.25. The Balaban J connectivity index is 2.40. The van der Waals surface area contributed by atoms with E-state index in [1.165, 1.54) is 6.20 Å². The summed E-state index contributed by atoms with van der Waals surface area (Å²) in [6.45, 7) is 3.85. The molecule has 0 aliphatic rings. The predicted octanol–water partition coefficient (Wildman–Crippen LogP) is 2.98. The summed E-state index contributed by atoms with van der Waals surface area (Å²) < 4.78 is 5.18. The smallest absolute Gasteiger partial charge is 0.314 e. The molecule has 86 valence electrons. The number of carbonyl (C=O) groups is 1. The van der Waals surface area contributed by atoms with Gasteiger partial charge in [0.1, 0.15) is 5.75 Å². The summed E-state index contributed by atoms with van der Waals surface area (Å²) in [4.78, 5) is 15.5. The number of esters is 1. The molecule has 3 heteroatoms. The van der Waals surface area contributed by atoms with Crippen LogP contribution < -0.4 is 4.74 Å².